The predicted molar refractivity (Wildman–Crippen MR) is 77.6 cm³/mol. The minimum Gasteiger partial charge on any atom is -0.373 e. The molecule has 1 aliphatic rings. The molecule has 1 saturated heterocycles. The highest BCUT2D eigenvalue weighted by atomic mass is 35.5. The lowest BCUT2D eigenvalue weighted by Crippen LogP contribution is -2.29. The van der Waals surface area contributed by atoms with Crippen molar-refractivity contribution in [2.75, 3.05) is 25.5 Å². The molecule has 2 heterocycles. The number of carbonyl (C=O) groups excluding carboxylic acids is 1. The summed E-state index contributed by atoms with van der Waals surface area (Å²) in [5.74, 6) is 1.89. The quantitative estimate of drug-likeness (QED) is 0.867. The summed E-state index contributed by atoms with van der Waals surface area (Å²) in [7, 11) is 1.76. The number of nitrogens with one attached hydrogen (secondary N) is 1. The minimum atomic E-state index is 0.0453. The van der Waals surface area contributed by atoms with Crippen LogP contribution in [0.25, 0.3) is 0 Å². The van der Waals surface area contributed by atoms with Gasteiger partial charge in [0.25, 0.3) is 5.91 Å². The molecule has 1 aromatic heterocycles. The van der Waals surface area contributed by atoms with E-state index in [1.807, 2.05) is 4.90 Å². The van der Waals surface area contributed by atoms with Crippen LogP contribution in [0.4, 0.5) is 5.82 Å². The summed E-state index contributed by atoms with van der Waals surface area (Å²) in [5, 5.41) is 3.26. The van der Waals surface area contributed by atoms with Crippen LogP contribution in [0.5, 0.6) is 0 Å². The molecular weight excluding hydrogens is 262 g/mol. The van der Waals surface area contributed by atoms with Crippen LogP contribution in [0.3, 0.4) is 0 Å². The summed E-state index contributed by atoms with van der Waals surface area (Å²) in [6.45, 7) is 6.09. The van der Waals surface area contributed by atoms with E-state index < -0.39 is 0 Å². The van der Waals surface area contributed by atoms with Crippen LogP contribution in [-0.4, -0.2) is 35.9 Å². The van der Waals surface area contributed by atoms with Crippen molar-refractivity contribution in [3.05, 3.63) is 22.8 Å². The Kier molecular flexibility index (Phi) is 4.30. The van der Waals surface area contributed by atoms with Crippen molar-refractivity contribution < 1.29 is 4.79 Å². The standard InChI is InChI=1S/C14H20ClN3O/c1-9(2)10-4-5-18(8-10)14(19)11-6-12(15)17-13(7-11)16-3/h6-7,9-10H,4-5,8H2,1-3H3,(H,16,17). The van der Waals surface area contributed by atoms with Crippen molar-refractivity contribution in [3.63, 3.8) is 0 Å². The normalized spacial score (nSPS) is 19.0. The highest BCUT2D eigenvalue weighted by Crippen LogP contribution is 2.25. The number of amides is 1. The number of hydrogen-bond acceptors (Lipinski definition) is 3. The highest BCUT2D eigenvalue weighted by Gasteiger charge is 2.28. The molecular formula is C14H20ClN3O. The van der Waals surface area contributed by atoms with Gasteiger partial charge in [-0.25, -0.2) is 4.98 Å². The number of pyridine rings is 1. The second-order valence-corrected chi connectivity index (χ2v) is 5.74. The molecule has 1 aliphatic heterocycles. The van der Waals surface area contributed by atoms with Gasteiger partial charge in [0, 0.05) is 25.7 Å². The molecule has 0 saturated carbocycles. The van der Waals surface area contributed by atoms with E-state index in [9.17, 15) is 4.79 Å². The van der Waals surface area contributed by atoms with Gasteiger partial charge in [-0.05, 0) is 30.4 Å². The van der Waals surface area contributed by atoms with Gasteiger partial charge in [0.1, 0.15) is 11.0 Å². The number of aromatic nitrogens is 1. The number of anilines is 1. The molecule has 19 heavy (non-hydrogen) atoms. The first kappa shape index (κ1) is 14.1. The molecule has 0 aliphatic carbocycles. The largest absolute Gasteiger partial charge is 0.373 e. The average molecular weight is 282 g/mol. The van der Waals surface area contributed by atoms with E-state index in [-0.39, 0.29) is 5.91 Å². The maximum Gasteiger partial charge on any atom is 0.254 e. The summed E-state index contributed by atoms with van der Waals surface area (Å²) in [4.78, 5) is 18.4. The van der Waals surface area contributed by atoms with E-state index in [2.05, 4.69) is 24.1 Å². The van der Waals surface area contributed by atoms with E-state index in [1.54, 1.807) is 19.2 Å². The van der Waals surface area contributed by atoms with Gasteiger partial charge in [-0.3, -0.25) is 4.79 Å². The zero-order chi connectivity index (χ0) is 14.0. The maximum absolute atomic E-state index is 12.4. The smallest absolute Gasteiger partial charge is 0.254 e. The Balaban J connectivity index is 2.14. The van der Waals surface area contributed by atoms with Crippen molar-refractivity contribution >= 4 is 23.3 Å². The molecule has 1 aromatic rings. The molecule has 104 valence electrons. The predicted octanol–water partition coefficient (Wildman–Crippen LogP) is 2.89. The van der Waals surface area contributed by atoms with Crippen LogP contribution in [0.1, 0.15) is 30.6 Å². The molecule has 4 nitrogen and oxygen atoms in total. The Morgan fingerprint density at radius 3 is 2.84 bits per heavy atom. The van der Waals surface area contributed by atoms with Crippen molar-refractivity contribution in [3.8, 4) is 0 Å². The van der Waals surface area contributed by atoms with Crippen molar-refractivity contribution in [2.45, 2.75) is 20.3 Å². The zero-order valence-corrected chi connectivity index (χ0v) is 12.4. The fourth-order valence-corrected chi connectivity index (χ4v) is 2.66. The lowest BCUT2D eigenvalue weighted by molar-refractivity contribution is 0.0784. The van der Waals surface area contributed by atoms with Crippen LogP contribution in [0.2, 0.25) is 5.15 Å². The Labute approximate surface area is 119 Å². The topological polar surface area (TPSA) is 45.2 Å². The van der Waals surface area contributed by atoms with Crippen molar-refractivity contribution in [1.82, 2.24) is 9.88 Å². The molecule has 1 unspecified atom stereocenters. The molecule has 0 bridgehead atoms. The number of likely N-dealkylation sites (tertiary alicyclic amines) is 1. The first-order valence-corrected chi connectivity index (χ1v) is 7.03. The SMILES string of the molecule is CNc1cc(C(=O)N2CCC(C(C)C)C2)cc(Cl)n1. The van der Waals surface area contributed by atoms with Gasteiger partial charge in [-0.1, -0.05) is 25.4 Å². The van der Waals surface area contributed by atoms with Crippen LogP contribution < -0.4 is 5.32 Å². The molecule has 0 radical (unpaired) electrons. The Morgan fingerprint density at radius 1 is 1.53 bits per heavy atom. The van der Waals surface area contributed by atoms with Crippen molar-refractivity contribution in [2.24, 2.45) is 11.8 Å². The average Bonchev–Trinajstić information content (AvgIpc) is 2.86. The Bertz CT molecular complexity index is 476. The summed E-state index contributed by atoms with van der Waals surface area (Å²) >= 11 is 5.94. The first-order valence-electron chi connectivity index (χ1n) is 6.66. The second-order valence-electron chi connectivity index (χ2n) is 5.36. The first-order chi connectivity index (χ1) is 9.01. The summed E-state index contributed by atoms with van der Waals surface area (Å²) in [6, 6.07) is 3.38. The van der Waals surface area contributed by atoms with E-state index in [4.69, 9.17) is 11.6 Å². The Morgan fingerprint density at radius 2 is 2.26 bits per heavy atom. The van der Waals surface area contributed by atoms with Crippen LogP contribution in [-0.2, 0) is 0 Å². The molecule has 2 rings (SSSR count). The maximum atomic E-state index is 12.4. The van der Waals surface area contributed by atoms with Gasteiger partial charge in [0.05, 0.1) is 0 Å². The number of rotatable bonds is 3. The monoisotopic (exact) mass is 281 g/mol. The molecule has 1 fully saturated rings. The number of hydrogen-bond donors (Lipinski definition) is 1. The van der Waals surface area contributed by atoms with E-state index in [0.717, 1.165) is 19.5 Å². The zero-order valence-electron chi connectivity index (χ0n) is 11.6. The summed E-state index contributed by atoms with van der Waals surface area (Å²) < 4.78 is 0. The van der Waals surface area contributed by atoms with Gasteiger partial charge >= 0.3 is 0 Å². The lowest BCUT2D eigenvalue weighted by Gasteiger charge is -2.18. The third-order valence-electron chi connectivity index (χ3n) is 3.75. The number of halogens is 1. The third kappa shape index (κ3) is 3.18. The van der Waals surface area contributed by atoms with Crippen LogP contribution in [0.15, 0.2) is 12.1 Å². The molecule has 5 heteroatoms. The lowest BCUT2D eigenvalue weighted by atomic mass is 9.95. The Hall–Kier alpha value is -1.29. The summed E-state index contributed by atoms with van der Waals surface area (Å²) in [5.41, 5.74) is 0.605. The molecule has 1 atom stereocenters. The number of carbonyl (C=O) groups is 1. The van der Waals surface area contributed by atoms with Gasteiger partial charge < -0.3 is 10.2 Å². The van der Waals surface area contributed by atoms with E-state index in [0.29, 0.717) is 28.4 Å². The van der Waals surface area contributed by atoms with Gasteiger partial charge in [-0.2, -0.15) is 0 Å². The molecule has 1 N–H and O–H groups in total. The van der Waals surface area contributed by atoms with E-state index >= 15 is 0 Å². The minimum absolute atomic E-state index is 0.0453. The second kappa shape index (κ2) is 5.78. The van der Waals surface area contributed by atoms with Gasteiger partial charge in [-0.15, -0.1) is 0 Å². The van der Waals surface area contributed by atoms with Crippen molar-refractivity contribution in [1.29, 1.82) is 0 Å². The molecule has 1 amide bonds. The van der Waals surface area contributed by atoms with Crippen LogP contribution in [0, 0.1) is 11.8 Å². The van der Waals surface area contributed by atoms with E-state index in [1.165, 1.54) is 0 Å². The van der Waals surface area contributed by atoms with Gasteiger partial charge in [0.2, 0.25) is 0 Å². The highest BCUT2D eigenvalue weighted by molar-refractivity contribution is 6.29. The van der Waals surface area contributed by atoms with Gasteiger partial charge in [0.15, 0.2) is 0 Å². The molecule has 0 aromatic carbocycles. The third-order valence-corrected chi connectivity index (χ3v) is 3.95. The molecule has 0 spiro atoms. The van der Waals surface area contributed by atoms with Crippen LogP contribution >= 0.6 is 11.6 Å². The summed E-state index contributed by atoms with van der Waals surface area (Å²) in [6.07, 6.45) is 1.08. The fourth-order valence-electron chi connectivity index (χ4n) is 2.45. The number of nitrogens with zero attached hydrogens (tertiary/aromatic N) is 2. The fraction of sp³-hybridized carbons (Fsp3) is 0.571.